The summed E-state index contributed by atoms with van der Waals surface area (Å²) in [6.45, 7) is 0. The lowest BCUT2D eigenvalue weighted by molar-refractivity contribution is -0.119. The number of aromatic hydroxyl groups is 1. The molecule has 2 N–H and O–H groups in total. The molecule has 1 aliphatic carbocycles. The molecule has 1 amide bonds. The molecule has 3 rings (SSSR count). The van der Waals surface area contributed by atoms with Crippen molar-refractivity contribution in [1.82, 2.24) is 14.9 Å². The van der Waals surface area contributed by atoms with E-state index in [-0.39, 0.29) is 22.9 Å². The fraction of sp³-hybridized carbons (Fsp3) is 0.389. The summed E-state index contributed by atoms with van der Waals surface area (Å²) in [5.74, 6) is -0.426. The predicted molar refractivity (Wildman–Crippen MR) is 107 cm³/mol. The molecule has 1 aromatic heterocycles. The number of carbonyl (C=O) groups is 1. The quantitative estimate of drug-likeness (QED) is 0.559. The molecule has 9 heteroatoms. The van der Waals surface area contributed by atoms with E-state index in [9.17, 15) is 14.7 Å². The third-order valence-corrected chi connectivity index (χ3v) is 6.02. The molecular weight excluding hydrogens is 409 g/mol. The topological polar surface area (TPSA) is 84.2 Å². The number of halogens is 2. The van der Waals surface area contributed by atoms with Crippen LogP contribution in [-0.4, -0.2) is 32.4 Å². The van der Waals surface area contributed by atoms with Gasteiger partial charge in [0.25, 0.3) is 5.56 Å². The number of hydrogen-bond donors (Lipinski definition) is 2. The van der Waals surface area contributed by atoms with Gasteiger partial charge in [0.2, 0.25) is 11.8 Å². The Labute approximate surface area is 170 Å². The van der Waals surface area contributed by atoms with E-state index in [2.05, 4.69) is 10.3 Å². The van der Waals surface area contributed by atoms with Crippen molar-refractivity contribution >= 4 is 40.9 Å². The van der Waals surface area contributed by atoms with Crippen LogP contribution >= 0.6 is 35.0 Å². The number of nitrogens with zero attached hydrogens (tertiary/aromatic N) is 2. The van der Waals surface area contributed by atoms with Gasteiger partial charge in [-0.15, -0.1) is 0 Å². The monoisotopic (exact) mass is 427 g/mol. The average Bonchev–Trinajstić information content (AvgIpc) is 2.63. The summed E-state index contributed by atoms with van der Waals surface area (Å²) in [5, 5.41) is 13.6. The van der Waals surface area contributed by atoms with Gasteiger partial charge in [-0.2, -0.15) is 4.98 Å². The molecule has 0 atom stereocenters. The minimum absolute atomic E-state index is 0.0910. The van der Waals surface area contributed by atoms with Gasteiger partial charge in [0.15, 0.2) is 5.16 Å². The highest BCUT2D eigenvalue weighted by atomic mass is 35.5. The maximum Gasteiger partial charge on any atom is 0.262 e. The molecule has 1 heterocycles. The number of carbonyl (C=O) groups excluding carboxylic acids is 1. The summed E-state index contributed by atoms with van der Waals surface area (Å²) in [4.78, 5) is 28.7. The second-order valence-electron chi connectivity index (χ2n) is 6.36. The number of benzene rings is 1. The predicted octanol–water partition coefficient (Wildman–Crippen LogP) is 3.79. The molecule has 1 saturated carbocycles. The molecule has 2 aromatic rings. The van der Waals surface area contributed by atoms with Crippen molar-refractivity contribution in [1.29, 1.82) is 0 Å². The average molecular weight is 428 g/mol. The van der Waals surface area contributed by atoms with E-state index < -0.39 is 11.4 Å². The van der Waals surface area contributed by atoms with E-state index in [1.807, 2.05) is 0 Å². The van der Waals surface area contributed by atoms with E-state index in [0.717, 1.165) is 43.5 Å². The van der Waals surface area contributed by atoms with Crippen LogP contribution in [0.5, 0.6) is 5.88 Å². The first-order chi connectivity index (χ1) is 12.9. The van der Waals surface area contributed by atoms with Gasteiger partial charge in [0.05, 0.1) is 27.6 Å². The smallest absolute Gasteiger partial charge is 0.262 e. The van der Waals surface area contributed by atoms with E-state index in [4.69, 9.17) is 23.2 Å². The van der Waals surface area contributed by atoms with E-state index in [0.29, 0.717) is 15.7 Å². The first-order valence-corrected chi connectivity index (χ1v) is 10.4. The molecule has 27 heavy (non-hydrogen) atoms. The van der Waals surface area contributed by atoms with Gasteiger partial charge in [-0.3, -0.25) is 14.2 Å². The summed E-state index contributed by atoms with van der Waals surface area (Å²) < 4.78 is 1.29. The third-order valence-electron chi connectivity index (χ3n) is 4.34. The number of thioether (sulfide) groups is 1. The van der Waals surface area contributed by atoms with Gasteiger partial charge in [-0.1, -0.05) is 54.2 Å². The minimum Gasteiger partial charge on any atom is -0.493 e. The van der Waals surface area contributed by atoms with Crippen LogP contribution in [0.15, 0.2) is 34.2 Å². The first-order valence-electron chi connectivity index (χ1n) is 8.64. The van der Waals surface area contributed by atoms with Crippen molar-refractivity contribution in [2.75, 3.05) is 5.75 Å². The van der Waals surface area contributed by atoms with E-state index >= 15 is 0 Å². The lowest BCUT2D eigenvalue weighted by Crippen LogP contribution is -2.37. The largest absolute Gasteiger partial charge is 0.493 e. The maximum atomic E-state index is 12.4. The zero-order chi connectivity index (χ0) is 19.4. The maximum absolute atomic E-state index is 12.4. The van der Waals surface area contributed by atoms with Gasteiger partial charge < -0.3 is 10.4 Å². The number of hydrogen-bond acceptors (Lipinski definition) is 5. The summed E-state index contributed by atoms with van der Waals surface area (Å²) in [5.41, 5.74) is -0.0202. The number of amides is 1. The third kappa shape index (κ3) is 5.18. The lowest BCUT2D eigenvalue weighted by atomic mass is 9.95. The molecule has 6 nitrogen and oxygen atoms in total. The molecule has 1 aromatic carbocycles. The Morgan fingerprint density at radius 2 is 1.96 bits per heavy atom. The van der Waals surface area contributed by atoms with Gasteiger partial charge in [-0.25, -0.2) is 0 Å². The fourth-order valence-electron chi connectivity index (χ4n) is 3.05. The molecule has 144 valence electrons. The van der Waals surface area contributed by atoms with Crippen molar-refractivity contribution in [3.05, 3.63) is 44.7 Å². The lowest BCUT2D eigenvalue weighted by Gasteiger charge is -2.22. The molecule has 0 radical (unpaired) electrons. The SMILES string of the molecule is O=C(CSc1nc(O)cc(=O)n1-c1ccc(Cl)c(Cl)c1)NC1CCCCC1. The second-order valence-corrected chi connectivity index (χ2v) is 8.12. The molecule has 0 spiro atoms. The molecule has 1 aliphatic rings. The van der Waals surface area contributed by atoms with Crippen molar-refractivity contribution in [2.45, 2.75) is 43.3 Å². The number of aromatic nitrogens is 2. The Balaban J connectivity index is 1.79. The number of rotatable bonds is 5. The Morgan fingerprint density at radius 3 is 2.67 bits per heavy atom. The molecule has 0 unspecified atom stereocenters. The Morgan fingerprint density at radius 1 is 1.22 bits per heavy atom. The van der Waals surface area contributed by atoms with Crippen LogP contribution in [-0.2, 0) is 4.79 Å². The van der Waals surface area contributed by atoms with Crippen LogP contribution in [0.3, 0.4) is 0 Å². The van der Waals surface area contributed by atoms with Crippen LogP contribution in [0, 0.1) is 0 Å². The van der Waals surface area contributed by atoms with Crippen molar-refractivity contribution in [3.63, 3.8) is 0 Å². The molecule has 1 fully saturated rings. The second kappa shape index (κ2) is 8.99. The van der Waals surface area contributed by atoms with Crippen LogP contribution in [0.2, 0.25) is 10.0 Å². The van der Waals surface area contributed by atoms with Gasteiger partial charge in [-0.05, 0) is 31.0 Å². The molecule has 0 bridgehead atoms. The van der Waals surface area contributed by atoms with Gasteiger partial charge in [0, 0.05) is 6.04 Å². The van der Waals surface area contributed by atoms with Crippen molar-refractivity contribution in [3.8, 4) is 11.6 Å². The van der Waals surface area contributed by atoms with E-state index in [1.54, 1.807) is 12.1 Å². The van der Waals surface area contributed by atoms with Crippen LogP contribution < -0.4 is 10.9 Å². The van der Waals surface area contributed by atoms with Crippen LogP contribution in [0.25, 0.3) is 5.69 Å². The van der Waals surface area contributed by atoms with Crippen LogP contribution in [0.4, 0.5) is 0 Å². The molecule has 0 saturated heterocycles. The fourth-order valence-corrected chi connectivity index (χ4v) is 4.17. The van der Waals surface area contributed by atoms with Crippen molar-refractivity contribution in [2.24, 2.45) is 0 Å². The summed E-state index contributed by atoms with van der Waals surface area (Å²) in [6, 6.07) is 5.95. The van der Waals surface area contributed by atoms with Gasteiger partial charge in [0.1, 0.15) is 0 Å². The molecule has 0 aliphatic heterocycles. The summed E-state index contributed by atoms with van der Waals surface area (Å²) >= 11 is 13.1. The Bertz CT molecular complexity index is 898. The molecular formula is C18H19Cl2N3O3S. The standard InChI is InChI=1S/C18H19Cl2N3O3S/c19-13-7-6-12(8-14(13)20)23-17(26)9-15(24)22-18(23)27-10-16(25)21-11-4-2-1-3-5-11/h6-9,11,24H,1-5,10H2,(H,21,25). The zero-order valence-electron chi connectivity index (χ0n) is 14.5. The van der Waals surface area contributed by atoms with Crippen LogP contribution in [0.1, 0.15) is 32.1 Å². The van der Waals surface area contributed by atoms with E-state index in [1.165, 1.54) is 17.1 Å². The highest BCUT2D eigenvalue weighted by Crippen LogP contribution is 2.27. The highest BCUT2D eigenvalue weighted by Gasteiger charge is 2.18. The minimum atomic E-state index is -0.476. The Kier molecular flexibility index (Phi) is 6.68. The summed E-state index contributed by atoms with van der Waals surface area (Å²) in [7, 11) is 0. The van der Waals surface area contributed by atoms with Crippen molar-refractivity contribution < 1.29 is 9.90 Å². The first kappa shape index (κ1) is 20.0. The highest BCUT2D eigenvalue weighted by molar-refractivity contribution is 7.99. The Hall–Kier alpha value is -1.70. The summed E-state index contributed by atoms with van der Waals surface area (Å²) in [6.07, 6.45) is 5.46. The normalized spacial score (nSPS) is 14.9. The van der Waals surface area contributed by atoms with Gasteiger partial charge >= 0.3 is 0 Å². The zero-order valence-corrected chi connectivity index (χ0v) is 16.8. The number of nitrogens with one attached hydrogen (secondary N) is 1.